The zero-order valence-electron chi connectivity index (χ0n) is 10.7. The van der Waals surface area contributed by atoms with Gasteiger partial charge < -0.3 is 4.79 Å². The Hall–Kier alpha value is -1.55. The van der Waals surface area contributed by atoms with Crippen LogP contribution in [-0.2, 0) is 16.5 Å². The van der Waals surface area contributed by atoms with Crippen LogP contribution in [0.25, 0.3) is 11.4 Å². The van der Waals surface area contributed by atoms with Gasteiger partial charge in [-0.3, -0.25) is 0 Å². The van der Waals surface area contributed by atoms with E-state index >= 15 is 0 Å². The first-order valence-corrected chi connectivity index (χ1v) is 7.26. The number of aldehydes is 1. The zero-order chi connectivity index (χ0) is 13.7. The van der Waals surface area contributed by atoms with Crippen LogP contribution in [0.5, 0.6) is 0 Å². The Morgan fingerprint density at radius 1 is 1.16 bits per heavy atom. The second kappa shape index (κ2) is 6.57. The van der Waals surface area contributed by atoms with E-state index in [0.717, 1.165) is 40.6 Å². The predicted octanol–water partition coefficient (Wildman–Crippen LogP) is 3.42. The van der Waals surface area contributed by atoms with Crippen molar-refractivity contribution in [2.24, 2.45) is 5.92 Å². The summed E-state index contributed by atoms with van der Waals surface area (Å²) in [6, 6.07) is 8.04. The number of hydrogen-bond acceptors (Lipinski definition) is 3. The molecule has 0 aliphatic rings. The molecule has 2 rings (SSSR count). The molecule has 19 heavy (non-hydrogen) atoms. The molecular weight excluding hydrogens is 304 g/mol. The Kier molecular flexibility index (Phi) is 4.80. The summed E-state index contributed by atoms with van der Waals surface area (Å²) in [7, 11) is 0. The lowest BCUT2D eigenvalue weighted by Gasteiger charge is -2.05. The third kappa shape index (κ3) is 3.70. The van der Waals surface area contributed by atoms with E-state index in [4.69, 9.17) is 0 Å². The van der Waals surface area contributed by atoms with Crippen LogP contribution in [0.4, 0.5) is 0 Å². The molecule has 2 aromatic rings. The fourth-order valence-corrected chi connectivity index (χ4v) is 2.07. The van der Waals surface area contributed by atoms with Crippen LogP contribution in [0.3, 0.4) is 0 Å². The first-order chi connectivity index (χ1) is 9.22. The summed E-state index contributed by atoms with van der Waals surface area (Å²) >= 11 is 3.37. The van der Waals surface area contributed by atoms with E-state index in [1.807, 2.05) is 43.6 Å². The minimum Gasteiger partial charge on any atom is -0.303 e. The van der Waals surface area contributed by atoms with E-state index in [2.05, 4.69) is 25.9 Å². The second-order valence-electron chi connectivity index (χ2n) is 4.56. The molecule has 0 aliphatic carbocycles. The molecule has 0 saturated heterocycles. The third-order valence-electron chi connectivity index (χ3n) is 2.86. The summed E-state index contributed by atoms with van der Waals surface area (Å²) in [5, 5.41) is 0.760. The van der Waals surface area contributed by atoms with E-state index in [0.29, 0.717) is 0 Å². The molecule has 1 unspecified atom stereocenters. The second-order valence-corrected chi connectivity index (χ2v) is 5.12. The largest absolute Gasteiger partial charge is 0.303 e. The van der Waals surface area contributed by atoms with Crippen molar-refractivity contribution < 1.29 is 4.79 Å². The molecule has 0 bridgehead atoms. The fraction of sp³-hybridized carbons (Fsp3) is 0.267. The zero-order valence-corrected chi connectivity index (χ0v) is 12.3. The lowest BCUT2D eigenvalue weighted by Crippen LogP contribution is -2.00. The van der Waals surface area contributed by atoms with Crippen LogP contribution in [-0.4, -0.2) is 16.3 Å². The molecule has 98 valence electrons. The maximum absolute atomic E-state index is 10.6. The van der Waals surface area contributed by atoms with E-state index in [9.17, 15) is 4.79 Å². The molecule has 1 atom stereocenters. The Morgan fingerprint density at radius 3 is 2.32 bits per heavy atom. The number of carbonyl (C=O) groups is 1. The van der Waals surface area contributed by atoms with E-state index in [1.54, 1.807) is 0 Å². The number of alkyl halides is 1. The Labute approximate surface area is 121 Å². The summed E-state index contributed by atoms with van der Waals surface area (Å²) in [5.74, 6) is 0.778. The Morgan fingerprint density at radius 2 is 1.79 bits per heavy atom. The minimum absolute atomic E-state index is 0.0558. The summed E-state index contributed by atoms with van der Waals surface area (Å²) < 4.78 is 0. The van der Waals surface area contributed by atoms with Gasteiger partial charge >= 0.3 is 0 Å². The van der Waals surface area contributed by atoms with Crippen LogP contribution < -0.4 is 0 Å². The molecule has 0 spiro atoms. The van der Waals surface area contributed by atoms with E-state index < -0.39 is 0 Å². The third-order valence-corrected chi connectivity index (χ3v) is 3.51. The van der Waals surface area contributed by atoms with Crippen molar-refractivity contribution in [1.82, 2.24) is 9.97 Å². The van der Waals surface area contributed by atoms with Gasteiger partial charge in [-0.05, 0) is 17.5 Å². The SMILES string of the molecule is CC(C=O)Cc1ccc(-c2ncc(CBr)cn2)cc1. The van der Waals surface area contributed by atoms with E-state index in [-0.39, 0.29) is 5.92 Å². The first kappa shape index (κ1) is 13.9. The van der Waals surface area contributed by atoms with Gasteiger partial charge in [-0.1, -0.05) is 47.1 Å². The van der Waals surface area contributed by atoms with Crippen LogP contribution in [0, 0.1) is 5.92 Å². The lowest BCUT2D eigenvalue weighted by molar-refractivity contribution is -0.110. The van der Waals surface area contributed by atoms with Crippen molar-refractivity contribution in [2.75, 3.05) is 0 Å². The number of carbonyl (C=O) groups excluding carboxylic acids is 1. The van der Waals surface area contributed by atoms with Gasteiger partial charge in [0.05, 0.1) is 0 Å². The highest BCUT2D eigenvalue weighted by Crippen LogP contribution is 2.17. The van der Waals surface area contributed by atoms with Gasteiger partial charge in [-0.15, -0.1) is 0 Å². The molecule has 0 fully saturated rings. The number of aromatic nitrogens is 2. The number of benzene rings is 1. The average molecular weight is 319 g/mol. The van der Waals surface area contributed by atoms with Crippen molar-refractivity contribution in [1.29, 1.82) is 0 Å². The number of halogens is 1. The van der Waals surface area contributed by atoms with Crippen molar-refractivity contribution in [3.63, 3.8) is 0 Å². The summed E-state index contributed by atoms with van der Waals surface area (Å²) in [6.07, 6.45) is 5.39. The van der Waals surface area contributed by atoms with Crippen molar-refractivity contribution >= 4 is 22.2 Å². The van der Waals surface area contributed by atoms with Crippen LogP contribution in [0.1, 0.15) is 18.1 Å². The highest BCUT2D eigenvalue weighted by Gasteiger charge is 2.04. The van der Waals surface area contributed by atoms with Crippen molar-refractivity contribution in [3.8, 4) is 11.4 Å². The Balaban J connectivity index is 2.14. The standard InChI is InChI=1S/C15H15BrN2O/c1-11(10-19)6-12-2-4-14(5-3-12)15-17-8-13(7-16)9-18-15/h2-5,8-11H,6-7H2,1H3. The monoisotopic (exact) mass is 318 g/mol. The number of nitrogens with zero attached hydrogens (tertiary/aromatic N) is 2. The van der Waals surface area contributed by atoms with Crippen LogP contribution >= 0.6 is 15.9 Å². The lowest BCUT2D eigenvalue weighted by atomic mass is 10.0. The molecule has 3 nitrogen and oxygen atoms in total. The molecule has 0 radical (unpaired) electrons. The van der Waals surface area contributed by atoms with Gasteiger partial charge in [0.15, 0.2) is 5.82 Å². The maximum atomic E-state index is 10.6. The van der Waals surface area contributed by atoms with Crippen molar-refractivity contribution in [3.05, 3.63) is 47.8 Å². The van der Waals surface area contributed by atoms with Gasteiger partial charge in [-0.25, -0.2) is 9.97 Å². The van der Waals surface area contributed by atoms with Gasteiger partial charge in [-0.2, -0.15) is 0 Å². The fourth-order valence-electron chi connectivity index (χ4n) is 1.78. The minimum atomic E-state index is 0.0558. The molecule has 1 heterocycles. The number of rotatable bonds is 5. The summed E-state index contributed by atoms with van der Waals surface area (Å²) in [5.41, 5.74) is 3.20. The molecule has 4 heteroatoms. The molecule has 0 N–H and O–H groups in total. The van der Waals surface area contributed by atoms with Gasteiger partial charge in [0.2, 0.25) is 0 Å². The van der Waals surface area contributed by atoms with E-state index in [1.165, 1.54) is 0 Å². The Bertz CT molecular complexity index is 537. The molecule has 1 aromatic carbocycles. The predicted molar refractivity (Wildman–Crippen MR) is 79.0 cm³/mol. The quantitative estimate of drug-likeness (QED) is 0.626. The topological polar surface area (TPSA) is 42.9 Å². The van der Waals surface area contributed by atoms with Crippen LogP contribution in [0.2, 0.25) is 0 Å². The molecule has 0 aliphatic heterocycles. The summed E-state index contributed by atoms with van der Waals surface area (Å²) in [6.45, 7) is 1.92. The highest BCUT2D eigenvalue weighted by atomic mass is 79.9. The van der Waals surface area contributed by atoms with Gasteiger partial charge in [0.1, 0.15) is 6.29 Å². The van der Waals surface area contributed by atoms with Gasteiger partial charge in [0.25, 0.3) is 0 Å². The van der Waals surface area contributed by atoms with Crippen molar-refractivity contribution in [2.45, 2.75) is 18.7 Å². The molecule has 0 amide bonds. The summed E-state index contributed by atoms with van der Waals surface area (Å²) in [4.78, 5) is 19.3. The van der Waals surface area contributed by atoms with Gasteiger partial charge in [0, 0.05) is 29.2 Å². The maximum Gasteiger partial charge on any atom is 0.159 e. The highest BCUT2D eigenvalue weighted by molar-refractivity contribution is 9.08. The average Bonchev–Trinajstić information content (AvgIpc) is 2.48. The van der Waals surface area contributed by atoms with Crippen LogP contribution in [0.15, 0.2) is 36.7 Å². The smallest absolute Gasteiger partial charge is 0.159 e. The molecular formula is C15H15BrN2O. The molecule has 1 aromatic heterocycles. The number of hydrogen-bond donors (Lipinski definition) is 0. The molecule has 0 saturated carbocycles. The normalized spacial score (nSPS) is 12.1. The first-order valence-electron chi connectivity index (χ1n) is 6.14.